The lowest BCUT2D eigenvalue weighted by molar-refractivity contribution is -0.659. The highest BCUT2D eigenvalue weighted by molar-refractivity contribution is 6.06. The summed E-state index contributed by atoms with van der Waals surface area (Å²) in [5, 5.41) is 5.21. The van der Waals surface area contributed by atoms with Gasteiger partial charge < -0.3 is 4.74 Å². The Balaban J connectivity index is 1.61. The fourth-order valence-corrected chi connectivity index (χ4v) is 6.35. The van der Waals surface area contributed by atoms with Gasteiger partial charge >= 0.3 is 0 Å². The lowest BCUT2D eigenvalue weighted by Crippen LogP contribution is -2.32. The predicted octanol–water partition coefficient (Wildman–Crippen LogP) is 8.14. The van der Waals surface area contributed by atoms with Crippen molar-refractivity contribution < 1.29 is 9.30 Å². The normalized spacial score (nSPS) is 17.2. The van der Waals surface area contributed by atoms with Crippen molar-refractivity contribution >= 4 is 21.5 Å². The number of aromatic nitrogens is 1. The summed E-state index contributed by atoms with van der Waals surface area (Å²) in [5.41, 5.74) is 7.11. The quantitative estimate of drug-likeness (QED) is 0.254. The molecule has 3 aromatic carbocycles. The molecule has 0 atom stereocenters. The van der Waals surface area contributed by atoms with E-state index in [1.165, 1.54) is 75.2 Å². The highest BCUT2D eigenvalue weighted by Crippen LogP contribution is 2.52. The molecule has 33 heavy (non-hydrogen) atoms. The molecule has 0 spiro atoms. The largest absolute Gasteiger partial charge is 0.455 e. The van der Waals surface area contributed by atoms with Crippen LogP contribution >= 0.6 is 0 Å². The van der Waals surface area contributed by atoms with Crippen LogP contribution in [0.1, 0.15) is 69.1 Å². The molecule has 1 fully saturated rings. The Kier molecular flexibility index (Phi) is 4.59. The zero-order valence-electron chi connectivity index (χ0n) is 20.6. The van der Waals surface area contributed by atoms with Crippen molar-refractivity contribution in [2.45, 2.75) is 65.7 Å². The molecule has 1 saturated carbocycles. The van der Waals surface area contributed by atoms with Gasteiger partial charge in [-0.1, -0.05) is 51.1 Å². The number of benzene rings is 3. The number of hydrogen-bond donors (Lipinski definition) is 0. The summed E-state index contributed by atoms with van der Waals surface area (Å²) in [5.74, 6) is 2.73. The van der Waals surface area contributed by atoms with Crippen LogP contribution in [-0.4, -0.2) is 0 Å². The number of rotatable bonds is 2. The molecule has 2 nitrogen and oxygen atoms in total. The molecule has 6 rings (SSSR count). The van der Waals surface area contributed by atoms with E-state index >= 15 is 0 Å². The summed E-state index contributed by atoms with van der Waals surface area (Å²) in [6.45, 7) is 9.33. The molecule has 0 bridgehead atoms. The Hall–Kier alpha value is -2.87. The van der Waals surface area contributed by atoms with Crippen LogP contribution < -0.4 is 9.30 Å². The van der Waals surface area contributed by atoms with E-state index < -0.39 is 0 Å². The second-order valence-electron chi connectivity index (χ2n) is 11.0. The molecule has 0 radical (unpaired) electrons. The molecule has 1 aromatic heterocycles. The zero-order valence-corrected chi connectivity index (χ0v) is 20.6. The minimum absolute atomic E-state index is 0.479. The second kappa shape index (κ2) is 7.32. The fraction of sp³-hybridized carbons (Fsp3) is 0.387. The maximum atomic E-state index is 6.87. The Labute approximate surface area is 197 Å². The molecule has 2 heteroatoms. The first-order valence-electron chi connectivity index (χ1n) is 12.6. The van der Waals surface area contributed by atoms with Crippen LogP contribution in [0.2, 0.25) is 0 Å². The van der Waals surface area contributed by atoms with E-state index in [1.807, 2.05) is 0 Å². The summed E-state index contributed by atoms with van der Waals surface area (Å²) in [7, 11) is 2.17. The minimum Gasteiger partial charge on any atom is -0.455 e. The SMILES string of the molecule is CCc1c2c(c(C)c3ccccc13)-c1c3c(cc(C4CCC(C)(C)CC4)cc3cc[n+]1C)O2. The van der Waals surface area contributed by atoms with Crippen molar-refractivity contribution in [1.29, 1.82) is 0 Å². The van der Waals surface area contributed by atoms with Gasteiger partial charge in [-0.05, 0) is 83.7 Å². The molecule has 1 aliphatic heterocycles. The van der Waals surface area contributed by atoms with Gasteiger partial charge in [0.25, 0.3) is 0 Å². The summed E-state index contributed by atoms with van der Waals surface area (Å²) in [6, 6.07) is 15.9. The van der Waals surface area contributed by atoms with Crippen molar-refractivity contribution in [3.63, 3.8) is 0 Å². The second-order valence-corrected chi connectivity index (χ2v) is 11.0. The van der Waals surface area contributed by atoms with Gasteiger partial charge in [0.1, 0.15) is 18.5 Å². The van der Waals surface area contributed by atoms with Crippen molar-refractivity contribution in [3.8, 4) is 22.8 Å². The number of nitrogens with zero attached hydrogens (tertiary/aromatic N) is 1. The molecule has 2 heterocycles. The molecular formula is C31H34NO+. The Morgan fingerprint density at radius 3 is 2.48 bits per heavy atom. The van der Waals surface area contributed by atoms with Crippen LogP contribution in [0.3, 0.4) is 0 Å². The van der Waals surface area contributed by atoms with Crippen LogP contribution in [0.5, 0.6) is 11.5 Å². The highest BCUT2D eigenvalue weighted by atomic mass is 16.5. The molecule has 1 aliphatic carbocycles. The molecule has 2 aliphatic rings. The van der Waals surface area contributed by atoms with Gasteiger partial charge in [0.05, 0.1) is 10.9 Å². The monoisotopic (exact) mass is 436 g/mol. The third-order valence-corrected chi connectivity index (χ3v) is 8.37. The van der Waals surface area contributed by atoms with Crippen molar-refractivity contribution in [2.75, 3.05) is 0 Å². The fourth-order valence-electron chi connectivity index (χ4n) is 6.35. The van der Waals surface area contributed by atoms with Gasteiger partial charge in [-0.3, -0.25) is 0 Å². The van der Waals surface area contributed by atoms with Gasteiger partial charge in [0.2, 0.25) is 5.69 Å². The summed E-state index contributed by atoms with van der Waals surface area (Å²) >= 11 is 0. The predicted molar refractivity (Wildman–Crippen MR) is 137 cm³/mol. The Morgan fingerprint density at radius 2 is 1.76 bits per heavy atom. The number of ether oxygens (including phenoxy) is 1. The Morgan fingerprint density at radius 1 is 1.03 bits per heavy atom. The van der Waals surface area contributed by atoms with Crippen LogP contribution in [0.15, 0.2) is 48.7 Å². The van der Waals surface area contributed by atoms with Crippen molar-refractivity contribution in [3.05, 3.63) is 65.4 Å². The van der Waals surface area contributed by atoms with E-state index in [-0.39, 0.29) is 0 Å². The lowest BCUT2D eigenvalue weighted by Gasteiger charge is -2.35. The third kappa shape index (κ3) is 3.10. The summed E-state index contributed by atoms with van der Waals surface area (Å²) in [4.78, 5) is 0. The average Bonchev–Trinajstić information content (AvgIpc) is 2.81. The van der Waals surface area contributed by atoms with Crippen LogP contribution in [0.4, 0.5) is 0 Å². The van der Waals surface area contributed by atoms with Crippen molar-refractivity contribution in [1.82, 2.24) is 0 Å². The van der Waals surface area contributed by atoms with Gasteiger partial charge in [-0.2, -0.15) is 0 Å². The van der Waals surface area contributed by atoms with Crippen LogP contribution in [0, 0.1) is 12.3 Å². The molecular weight excluding hydrogens is 402 g/mol. The van der Waals surface area contributed by atoms with Gasteiger partial charge in [0.15, 0.2) is 6.20 Å². The number of aryl methyl sites for hydroxylation is 3. The van der Waals surface area contributed by atoms with Gasteiger partial charge in [0, 0.05) is 11.6 Å². The summed E-state index contributed by atoms with van der Waals surface area (Å²) < 4.78 is 9.16. The van der Waals surface area contributed by atoms with E-state index in [0.29, 0.717) is 11.3 Å². The van der Waals surface area contributed by atoms with E-state index in [0.717, 1.165) is 17.9 Å². The van der Waals surface area contributed by atoms with Crippen molar-refractivity contribution in [2.24, 2.45) is 12.5 Å². The van der Waals surface area contributed by atoms with Gasteiger partial charge in [-0.25, -0.2) is 4.57 Å². The topological polar surface area (TPSA) is 13.1 Å². The number of hydrogen-bond acceptors (Lipinski definition) is 1. The standard InChI is InChI=1S/C31H34NO/c1-6-23-25-10-8-7-9-24(25)19(2)27-29-28-21(13-16-32(29)5)17-22(18-26(28)33-30(23)27)20-11-14-31(3,4)15-12-20/h7-10,13,16-18,20H,6,11-12,14-15H2,1-5H3/q+1. The maximum Gasteiger partial charge on any atom is 0.228 e. The van der Waals surface area contributed by atoms with E-state index in [1.54, 1.807) is 0 Å². The van der Waals surface area contributed by atoms with Crippen LogP contribution in [0.25, 0.3) is 32.8 Å². The number of pyridine rings is 1. The lowest BCUT2D eigenvalue weighted by atomic mass is 9.71. The number of fused-ring (bicyclic) bond motifs is 3. The summed E-state index contributed by atoms with van der Waals surface area (Å²) in [6.07, 6.45) is 8.32. The van der Waals surface area contributed by atoms with E-state index in [9.17, 15) is 0 Å². The zero-order chi connectivity index (χ0) is 22.9. The first-order valence-corrected chi connectivity index (χ1v) is 12.6. The first-order chi connectivity index (χ1) is 15.9. The average molecular weight is 437 g/mol. The smallest absolute Gasteiger partial charge is 0.228 e. The van der Waals surface area contributed by atoms with Crippen LogP contribution in [-0.2, 0) is 13.5 Å². The molecule has 0 saturated heterocycles. The molecule has 0 amide bonds. The minimum atomic E-state index is 0.479. The highest BCUT2D eigenvalue weighted by Gasteiger charge is 2.34. The third-order valence-electron chi connectivity index (χ3n) is 8.37. The first kappa shape index (κ1) is 20.7. The van der Waals surface area contributed by atoms with E-state index in [4.69, 9.17) is 4.74 Å². The molecule has 168 valence electrons. The van der Waals surface area contributed by atoms with E-state index in [2.05, 4.69) is 88.0 Å². The molecule has 0 N–H and O–H groups in total. The maximum absolute atomic E-state index is 6.87. The molecule has 0 unspecified atom stereocenters. The van der Waals surface area contributed by atoms with Gasteiger partial charge in [-0.15, -0.1) is 0 Å². The molecule has 4 aromatic rings. The Bertz CT molecular complexity index is 1420.